The molecular weight excluding hydrogens is 410 g/mol. The third-order valence-electron chi connectivity index (χ3n) is 5.14. The molecule has 1 N–H and O–H groups in total. The molecule has 2 aromatic rings. The van der Waals surface area contributed by atoms with E-state index in [0.29, 0.717) is 24.5 Å². The molecule has 7 heteroatoms. The van der Waals surface area contributed by atoms with Crippen molar-refractivity contribution in [1.82, 2.24) is 4.90 Å². The van der Waals surface area contributed by atoms with Gasteiger partial charge in [-0.05, 0) is 55.2 Å². The van der Waals surface area contributed by atoms with Crippen LogP contribution in [0.5, 0.6) is 5.75 Å². The van der Waals surface area contributed by atoms with E-state index in [1.807, 2.05) is 55.1 Å². The third kappa shape index (κ3) is 6.44. The lowest BCUT2D eigenvalue weighted by molar-refractivity contribution is 0.0524. The van der Waals surface area contributed by atoms with Crippen molar-refractivity contribution < 1.29 is 18.3 Å². The molecule has 0 aromatic heterocycles. The Morgan fingerprint density at radius 1 is 1.21 bits per heavy atom. The van der Waals surface area contributed by atoms with E-state index in [2.05, 4.69) is 6.07 Å². The molecule has 0 amide bonds. The first-order chi connectivity index (χ1) is 13.7. The van der Waals surface area contributed by atoms with Gasteiger partial charge in [-0.1, -0.05) is 35.9 Å². The highest BCUT2D eigenvalue weighted by Crippen LogP contribution is 2.24. The van der Waals surface area contributed by atoms with E-state index in [0.717, 1.165) is 22.4 Å². The van der Waals surface area contributed by atoms with Gasteiger partial charge >= 0.3 is 0 Å². The fraction of sp³-hybridized carbons (Fsp3) is 0.455. The van der Waals surface area contributed by atoms with E-state index in [1.54, 1.807) is 0 Å². The molecule has 1 aliphatic heterocycles. The minimum absolute atomic E-state index is 0.113. The van der Waals surface area contributed by atoms with Crippen LogP contribution in [0.3, 0.4) is 0 Å². The van der Waals surface area contributed by atoms with Gasteiger partial charge in [-0.2, -0.15) is 0 Å². The van der Waals surface area contributed by atoms with Crippen LogP contribution in [0.4, 0.5) is 0 Å². The van der Waals surface area contributed by atoms with Crippen molar-refractivity contribution in [3.05, 3.63) is 64.2 Å². The first-order valence-corrected chi connectivity index (χ1v) is 12.0. The summed E-state index contributed by atoms with van der Waals surface area (Å²) in [7, 11) is -3.03. The Bertz CT molecular complexity index is 927. The monoisotopic (exact) mass is 437 g/mol. The zero-order valence-corrected chi connectivity index (χ0v) is 18.4. The molecule has 1 aliphatic rings. The number of rotatable bonds is 8. The quantitative estimate of drug-likeness (QED) is 0.685. The molecule has 3 rings (SSSR count). The molecule has 158 valence electrons. The number of nitrogens with zero attached hydrogens (tertiary/aromatic N) is 1. The summed E-state index contributed by atoms with van der Waals surface area (Å²) >= 11 is 6.31. The molecule has 2 atom stereocenters. The van der Waals surface area contributed by atoms with Gasteiger partial charge in [0.15, 0.2) is 9.84 Å². The second-order valence-corrected chi connectivity index (χ2v) is 10.5. The lowest BCUT2D eigenvalue weighted by Gasteiger charge is -2.30. The SMILES string of the molecule is Cc1cc(C)cc(OCC(O)CN(Cc2ccccc2Cl)C2CCS(=O)(=O)C2)c1. The second-order valence-electron chi connectivity index (χ2n) is 7.87. The maximum Gasteiger partial charge on any atom is 0.151 e. The first kappa shape index (κ1) is 22.1. The summed E-state index contributed by atoms with van der Waals surface area (Å²) in [5.41, 5.74) is 3.12. The van der Waals surface area contributed by atoms with Gasteiger partial charge in [-0.25, -0.2) is 8.42 Å². The van der Waals surface area contributed by atoms with Crippen LogP contribution in [0, 0.1) is 13.8 Å². The zero-order chi connectivity index (χ0) is 21.0. The second kappa shape index (κ2) is 9.47. The fourth-order valence-electron chi connectivity index (χ4n) is 3.78. The van der Waals surface area contributed by atoms with Crippen LogP contribution < -0.4 is 4.74 Å². The highest BCUT2D eigenvalue weighted by Gasteiger charge is 2.33. The van der Waals surface area contributed by atoms with E-state index in [4.69, 9.17) is 16.3 Å². The van der Waals surface area contributed by atoms with Gasteiger partial charge in [0.1, 0.15) is 18.5 Å². The number of hydrogen-bond donors (Lipinski definition) is 1. The normalized spacial score (nSPS) is 19.4. The smallest absolute Gasteiger partial charge is 0.151 e. The summed E-state index contributed by atoms with van der Waals surface area (Å²) in [6.07, 6.45) is -0.182. The maximum absolute atomic E-state index is 12.0. The van der Waals surface area contributed by atoms with E-state index in [1.165, 1.54) is 0 Å². The van der Waals surface area contributed by atoms with Crippen LogP contribution >= 0.6 is 11.6 Å². The number of sulfone groups is 1. The Morgan fingerprint density at radius 2 is 1.90 bits per heavy atom. The van der Waals surface area contributed by atoms with Crippen molar-refractivity contribution in [2.45, 2.75) is 39.0 Å². The molecule has 1 fully saturated rings. The molecule has 0 radical (unpaired) electrons. The van der Waals surface area contributed by atoms with E-state index in [-0.39, 0.29) is 24.2 Å². The molecule has 1 saturated heterocycles. The summed E-state index contributed by atoms with van der Waals surface area (Å²) in [5, 5.41) is 11.2. The Kier molecular flexibility index (Phi) is 7.22. The van der Waals surface area contributed by atoms with Gasteiger partial charge in [-0.15, -0.1) is 0 Å². The van der Waals surface area contributed by atoms with Gasteiger partial charge in [0.05, 0.1) is 11.5 Å². The van der Waals surface area contributed by atoms with Gasteiger partial charge in [0.25, 0.3) is 0 Å². The molecule has 0 aliphatic carbocycles. The highest BCUT2D eigenvalue weighted by molar-refractivity contribution is 7.91. The summed E-state index contributed by atoms with van der Waals surface area (Å²) < 4.78 is 29.8. The average Bonchev–Trinajstić information content (AvgIpc) is 3.00. The van der Waals surface area contributed by atoms with Crippen molar-refractivity contribution in [3.63, 3.8) is 0 Å². The standard InChI is InChI=1S/C22H28ClNO4S/c1-16-9-17(2)11-21(10-16)28-14-20(25)13-24(19-7-8-29(26,27)15-19)12-18-5-3-4-6-22(18)23/h3-6,9-11,19-20,25H,7-8,12-15H2,1-2H3. The van der Waals surface area contributed by atoms with Crippen molar-refractivity contribution >= 4 is 21.4 Å². The number of ether oxygens (including phenoxy) is 1. The Balaban J connectivity index is 1.67. The maximum atomic E-state index is 12.0. The Hall–Kier alpha value is -1.60. The van der Waals surface area contributed by atoms with Gasteiger partial charge < -0.3 is 9.84 Å². The van der Waals surface area contributed by atoms with Crippen LogP contribution in [0.2, 0.25) is 5.02 Å². The van der Waals surface area contributed by atoms with Crippen LogP contribution in [-0.2, 0) is 16.4 Å². The van der Waals surface area contributed by atoms with E-state index < -0.39 is 15.9 Å². The summed E-state index contributed by atoms with van der Waals surface area (Å²) in [5.74, 6) is 1.02. The topological polar surface area (TPSA) is 66.8 Å². The van der Waals surface area contributed by atoms with Crippen molar-refractivity contribution in [2.24, 2.45) is 0 Å². The zero-order valence-electron chi connectivity index (χ0n) is 16.8. The largest absolute Gasteiger partial charge is 0.491 e. The number of aliphatic hydroxyl groups excluding tert-OH is 1. The molecule has 29 heavy (non-hydrogen) atoms. The average molecular weight is 438 g/mol. The number of aliphatic hydroxyl groups is 1. The van der Waals surface area contributed by atoms with Crippen molar-refractivity contribution in [1.29, 1.82) is 0 Å². The Morgan fingerprint density at radius 3 is 2.52 bits per heavy atom. The third-order valence-corrected chi connectivity index (χ3v) is 7.26. The summed E-state index contributed by atoms with van der Waals surface area (Å²) in [6, 6.07) is 13.3. The Labute approximate surface area is 178 Å². The molecule has 1 heterocycles. The van der Waals surface area contributed by atoms with Gasteiger partial charge in [-0.3, -0.25) is 4.90 Å². The number of hydrogen-bond acceptors (Lipinski definition) is 5. The van der Waals surface area contributed by atoms with Crippen molar-refractivity contribution in [3.8, 4) is 5.75 Å². The van der Waals surface area contributed by atoms with Crippen LogP contribution in [0.1, 0.15) is 23.1 Å². The van der Waals surface area contributed by atoms with Gasteiger partial charge in [0.2, 0.25) is 0 Å². The predicted octanol–water partition coefficient (Wildman–Crippen LogP) is 3.39. The minimum atomic E-state index is -3.03. The van der Waals surface area contributed by atoms with Crippen LogP contribution in [0.15, 0.2) is 42.5 Å². The highest BCUT2D eigenvalue weighted by atomic mass is 35.5. The summed E-state index contributed by atoms with van der Waals surface area (Å²) in [6.45, 7) is 4.95. The molecule has 2 unspecified atom stereocenters. The minimum Gasteiger partial charge on any atom is -0.491 e. The van der Waals surface area contributed by atoms with Crippen molar-refractivity contribution in [2.75, 3.05) is 24.7 Å². The number of benzene rings is 2. The van der Waals surface area contributed by atoms with Crippen LogP contribution in [0.25, 0.3) is 0 Å². The number of halogens is 1. The molecule has 0 saturated carbocycles. The van der Waals surface area contributed by atoms with E-state index in [9.17, 15) is 13.5 Å². The molecule has 5 nitrogen and oxygen atoms in total. The first-order valence-electron chi connectivity index (χ1n) is 9.79. The summed E-state index contributed by atoms with van der Waals surface area (Å²) in [4.78, 5) is 2.02. The van der Waals surface area contributed by atoms with E-state index >= 15 is 0 Å². The van der Waals surface area contributed by atoms with Gasteiger partial charge in [0, 0.05) is 24.2 Å². The molecular formula is C22H28ClNO4S. The van der Waals surface area contributed by atoms with Crippen LogP contribution in [-0.4, -0.2) is 55.2 Å². The lowest BCUT2D eigenvalue weighted by Crippen LogP contribution is -2.42. The molecule has 2 aromatic carbocycles. The molecule has 0 bridgehead atoms. The molecule has 0 spiro atoms. The predicted molar refractivity (Wildman–Crippen MR) is 116 cm³/mol. The number of aryl methyl sites for hydroxylation is 2. The lowest BCUT2D eigenvalue weighted by atomic mass is 10.1. The fourth-order valence-corrected chi connectivity index (χ4v) is 5.74.